The molecule has 2 rings (SSSR count). The Morgan fingerprint density at radius 2 is 1.58 bits per heavy atom. The number of carbonyl (C=O) groups is 1. The fraction of sp³-hybridized carbons (Fsp3) is 0.188. The molecule has 1 amide bonds. The summed E-state index contributed by atoms with van der Waals surface area (Å²) in [5.41, 5.74) is 0.116. The third-order valence-electron chi connectivity index (χ3n) is 3.47. The predicted molar refractivity (Wildman–Crippen MR) is 87.9 cm³/mol. The van der Waals surface area contributed by atoms with Gasteiger partial charge in [0.15, 0.2) is 0 Å². The maximum atomic E-state index is 12.1. The molecule has 0 aromatic heterocycles. The summed E-state index contributed by atoms with van der Waals surface area (Å²) in [6.45, 7) is 1.88. The highest BCUT2D eigenvalue weighted by Crippen LogP contribution is 2.26. The number of nitrogens with zero attached hydrogens (tertiary/aromatic N) is 2. The minimum Gasteiger partial charge on any atom is -0.326 e. The van der Waals surface area contributed by atoms with Crippen molar-refractivity contribution in [3.63, 3.8) is 0 Å². The highest BCUT2D eigenvalue weighted by atomic mass is 16.6. The van der Waals surface area contributed by atoms with Gasteiger partial charge in [-0.2, -0.15) is 0 Å². The van der Waals surface area contributed by atoms with Crippen molar-refractivity contribution in [2.45, 2.75) is 19.3 Å². The van der Waals surface area contributed by atoms with Gasteiger partial charge in [-0.3, -0.25) is 25.0 Å². The van der Waals surface area contributed by atoms with Crippen LogP contribution in [0, 0.1) is 20.2 Å². The number of anilines is 1. The van der Waals surface area contributed by atoms with Crippen molar-refractivity contribution in [2.24, 2.45) is 0 Å². The van der Waals surface area contributed by atoms with Crippen molar-refractivity contribution >= 4 is 23.0 Å². The molecule has 0 bridgehead atoms. The van der Waals surface area contributed by atoms with Crippen molar-refractivity contribution in [1.29, 1.82) is 0 Å². The summed E-state index contributed by atoms with van der Waals surface area (Å²) in [5, 5.41) is 24.2. The lowest BCUT2D eigenvalue weighted by atomic mass is 9.97. The zero-order valence-electron chi connectivity index (χ0n) is 12.8. The number of benzene rings is 2. The normalized spacial score (nSPS) is 11.5. The Labute approximate surface area is 137 Å². The molecule has 24 heavy (non-hydrogen) atoms. The summed E-state index contributed by atoms with van der Waals surface area (Å²) in [5.74, 6) is -0.430. The standard InChI is InChI=1S/C16H15N3O5/c1-11(12-5-3-2-4-6-12)7-16(20)17-13-8-14(18(21)22)10-15(9-13)19(23)24/h2-6,8-11H,7H2,1H3,(H,17,20)/t11-/m1/s1. The van der Waals surface area contributed by atoms with Gasteiger partial charge >= 0.3 is 0 Å². The van der Waals surface area contributed by atoms with Crippen molar-refractivity contribution in [3.8, 4) is 0 Å². The zero-order valence-corrected chi connectivity index (χ0v) is 12.8. The molecule has 0 aliphatic heterocycles. The molecule has 0 aliphatic rings. The summed E-state index contributed by atoms with van der Waals surface area (Å²) in [6.07, 6.45) is 0.153. The van der Waals surface area contributed by atoms with Gasteiger partial charge in [-0.1, -0.05) is 37.3 Å². The van der Waals surface area contributed by atoms with Crippen LogP contribution in [0.3, 0.4) is 0 Å². The first-order valence-corrected chi connectivity index (χ1v) is 7.15. The second-order valence-electron chi connectivity index (χ2n) is 5.32. The molecule has 1 N–H and O–H groups in total. The van der Waals surface area contributed by atoms with Crippen molar-refractivity contribution in [2.75, 3.05) is 5.32 Å². The van der Waals surface area contributed by atoms with E-state index in [0.29, 0.717) is 0 Å². The first-order valence-electron chi connectivity index (χ1n) is 7.15. The molecule has 0 aliphatic carbocycles. The number of carbonyl (C=O) groups excluding carboxylic acids is 1. The fourth-order valence-corrected chi connectivity index (χ4v) is 2.27. The molecule has 0 saturated heterocycles. The van der Waals surface area contributed by atoms with E-state index in [1.54, 1.807) is 0 Å². The van der Waals surface area contributed by atoms with Crippen LogP contribution in [0.5, 0.6) is 0 Å². The number of amides is 1. The van der Waals surface area contributed by atoms with Gasteiger partial charge in [0.2, 0.25) is 5.91 Å². The summed E-state index contributed by atoms with van der Waals surface area (Å²) in [6, 6.07) is 12.4. The molecule has 8 nitrogen and oxygen atoms in total. The van der Waals surface area contributed by atoms with E-state index in [9.17, 15) is 25.0 Å². The van der Waals surface area contributed by atoms with Crippen molar-refractivity contribution in [3.05, 3.63) is 74.3 Å². The number of nitrogens with one attached hydrogen (secondary N) is 1. The summed E-state index contributed by atoms with van der Waals surface area (Å²) in [4.78, 5) is 32.3. The molecule has 124 valence electrons. The van der Waals surface area contributed by atoms with Crippen LogP contribution >= 0.6 is 0 Å². The van der Waals surface area contributed by atoms with E-state index >= 15 is 0 Å². The Morgan fingerprint density at radius 1 is 1.04 bits per heavy atom. The first kappa shape index (κ1) is 17.1. The topological polar surface area (TPSA) is 115 Å². The molecule has 0 unspecified atom stereocenters. The molecular formula is C16H15N3O5. The monoisotopic (exact) mass is 329 g/mol. The largest absolute Gasteiger partial charge is 0.326 e. The van der Waals surface area contributed by atoms with E-state index in [1.807, 2.05) is 37.3 Å². The Bertz CT molecular complexity index is 744. The summed E-state index contributed by atoms with van der Waals surface area (Å²) >= 11 is 0. The van der Waals surface area contributed by atoms with Crippen LogP contribution in [-0.4, -0.2) is 15.8 Å². The van der Waals surface area contributed by atoms with Gasteiger partial charge < -0.3 is 5.32 Å². The van der Waals surface area contributed by atoms with Gasteiger partial charge in [-0.15, -0.1) is 0 Å². The lowest BCUT2D eigenvalue weighted by molar-refractivity contribution is -0.394. The average Bonchev–Trinajstić information content (AvgIpc) is 2.55. The van der Waals surface area contributed by atoms with Crippen molar-refractivity contribution < 1.29 is 14.6 Å². The van der Waals surface area contributed by atoms with Gasteiger partial charge in [0.1, 0.15) is 0 Å². The Hall–Kier alpha value is -3.29. The quantitative estimate of drug-likeness (QED) is 0.641. The Balaban J connectivity index is 2.13. The molecule has 0 saturated carbocycles. The molecule has 0 radical (unpaired) electrons. The number of hydrogen-bond acceptors (Lipinski definition) is 5. The highest BCUT2D eigenvalue weighted by molar-refractivity contribution is 5.92. The minimum absolute atomic E-state index is 0.0289. The number of non-ortho nitro benzene ring substituents is 2. The van der Waals surface area contributed by atoms with Gasteiger partial charge in [-0.25, -0.2) is 0 Å². The lowest BCUT2D eigenvalue weighted by Crippen LogP contribution is -2.14. The number of nitro benzene ring substituents is 2. The van der Waals surface area contributed by atoms with E-state index in [-0.39, 0.29) is 23.9 Å². The average molecular weight is 329 g/mol. The molecule has 2 aromatic rings. The van der Waals surface area contributed by atoms with E-state index < -0.39 is 21.2 Å². The van der Waals surface area contributed by atoms with Gasteiger partial charge in [0, 0.05) is 18.6 Å². The van der Waals surface area contributed by atoms with Crippen LogP contribution in [0.25, 0.3) is 0 Å². The van der Waals surface area contributed by atoms with Gasteiger partial charge in [0.25, 0.3) is 11.4 Å². The van der Waals surface area contributed by atoms with Crippen LogP contribution in [0.4, 0.5) is 17.1 Å². The molecule has 8 heteroatoms. The minimum atomic E-state index is -0.741. The summed E-state index contributed by atoms with van der Waals surface area (Å²) in [7, 11) is 0. The predicted octanol–water partition coefficient (Wildman–Crippen LogP) is 3.64. The fourth-order valence-electron chi connectivity index (χ4n) is 2.27. The van der Waals surface area contributed by atoms with E-state index in [4.69, 9.17) is 0 Å². The maximum Gasteiger partial charge on any atom is 0.278 e. The second kappa shape index (κ2) is 7.32. The summed E-state index contributed by atoms with van der Waals surface area (Å²) < 4.78 is 0. The highest BCUT2D eigenvalue weighted by Gasteiger charge is 2.18. The van der Waals surface area contributed by atoms with Gasteiger partial charge in [-0.05, 0) is 11.5 Å². The molecule has 0 fully saturated rings. The number of hydrogen-bond donors (Lipinski definition) is 1. The van der Waals surface area contributed by atoms with Gasteiger partial charge in [0.05, 0.1) is 21.6 Å². The number of rotatable bonds is 6. The van der Waals surface area contributed by atoms with E-state index in [1.165, 1.54) is 0 Å². The third kappa shape index (κ3) is 4.35. The first-order chi connectivity index (χ1) is 11.4. The SMILES string of the molecule is C[C@H](CC(=O)Nc1cc([N+](=O)[O-])cc([N+](=O)[O-])c1)c1ccccc1. The Kier molecular flexibility index (Phi) is 5.20. The maximum absolute atomic E-state index is 12.1. The zero-order chi connectivity index (χ0) is 17.7. The molecule has 1 atom stereocenters. The molecular weight excluding hydrogens is 314 g/mol. The second-order valence-corrected chi connectivity index (χ2v) is 5.32. The van der Waals surface area contributed by atoms with Crippen LogP contribution in [0.1, 0.15) is 24.8 Å². The van der Waals surface area contributed by atoms with E-state index in [0.717, 1.165) is 23.8 Å². The Morgan fingerprint density at radius 3 is 2.08 bits per heavy atom. The van der Waals surface area contributed by atoms with E-state index in [2.05, 4.69) is 5.32 Å². The third-order valence-corrected chi connectivity index (χ3v) is 3.47. The van der Waals surface area contributed by atoms with Crippen LogP contribution in [0.15, 0.2) is 48.5 Å². The van der Waals surface area contributed by atoms with Crippen molar-refractivity contribution in [1.82, 2.24) is 0 Å². The number of nitro groups is 2. The van der Waals surface area contributed by atoms with Crippen LogP contribution in [0.2, 0.25) is 0 Å². The smallest absolute Gasteiger partial charge is 0.278 e. The molecule has 2 aromatic carbocycles. The molecule has 0 spiro atoms. The van der Waals surface area contributed by atoms with Crippen LogP contribution < -0.4 is 5.32 Å². The van der Waals surface area contributed by atoms with Crippen LogP contribution in [-0.2, 0) is 4.79 Å². The molecule has 0 heterocycles. The lowest BCUT2D eigenvalue weighted by Gasteiger charge is -2.12.